The van der Waals surface area contributed by atoms with Gasteiger partial charge < -0.3 is 104 Å². The number of carbonyl (C=O) groups is 1. The van der Waals surface area contributed by atoms with Gasteiger partial charge in [0.05, 0.1) is 33.0 Å². The van der Waals surface area contributed by atoms with Crippen LogP contribution in [0, 0.1) is 0 Å². The highest BCUT2D eigenvalue weighted by molar-refractivity contribution is 5.73. The molecule has 0 aliphatic carbocycles. The number of nitrogens with zero attached hydrogens (tertiary/aromatic N) is 1. The van der Waals surface area contributed by atoms with Crippen LogP contribution in [0.2, 0.25) is 0 Å². The molecule has 0 aromatic carbocycles. The third kappa shape index (κ3) is 16.2. The smallest absolute Gasteiger partial charge is 0.221 e. The average Bonchev–Trinajstić information content (AvgIpc) is 3.32. The Morgan fingerprint density at radius 1 is 0.441 bits per heavy atom. The van der Waals surface area contributed by atoms with E-state index in [1.54, 1.807) is 0 Å². The number of ether oxygens (including phenoxy) is 9. The second-order valence-corrected chi connectivity index (χ2v) is 18.7. The predicted molar refractivity (Wildman–Crippen MR) is 236 cm³/mol. The largest absolute Gasteiger partial charge is 0.388 e. The highest BCUT2D eigenvalue weighted by Gasteiger charge is 2.51. The van der Waals surface area contributed by atoms with Crippen LogP contribution in [-0.2, 0) is 47.4 Å². The Bertz CT molecular complexity index is 1450. The molecule has 68 heavy (non-hydrogen) atoms. The van der Waals surface area contributed by atoms with E-state index in [0.717, 1.165) is 44.9 Å². The fraction of sp³-hybridized carbons (Fsp3) is 0.935. The summed E-state index contributed by atoms with van der Waals surface area (Å²) in [5.41, 5.74) is 0. The first-order chi connectivity index (χ1) is 32.6. The van der Waals surface area contributed by atoms with Gasteiger partial charge in [0.2, 0.25) is 5.91 Å². The molecule has 0 aromatic rings. The fourth-order valence-corrected chi connectivity index (χ4v) is 8.95. The summed E-state index contributed by atoms with van der Waals surface area (Å²) in [6.45, 7) is 2.04. The molecule has 22 heteroatoms. The Labute approximate surface area is 398 Å². The molecule has 1 amide bonds. The van der Waals surface area contributed by atoms with Gasteiger partial charge in [-0.1, -0.05) is 83.3 Å². The molecule has 396 valence electrons. The minimum atomic E-state index is -1.80. The van der Waals surface area contributed by atoms with Gasteiger partial charge in [-0.25, -0.2) is 0 Å². The number of carbonyl (C=O) groups excluding carboxylic acids is 1. The molecule has 5 aliphatic heterocycles. The SMILES string of the molecule is CCCCCCCCC/C=C\CCCCCCCCN(C(C)=O)C1OCC(OC2OCC(OC3OCC(OC4OCC(OC5OCC(O)C(O)C5O)C(O)C4O)C(O)C3O)C(O)C2O)C(O)C1O. The van der Waals surface area contributed by atoms with E-state index in [1.165, 1.54) is 56.8 Å². The third-order valence-electron chi connectivity index (χ3n) is 13.3. The summed E-state index contributed by atoms with van der Waals surface area (Å²) in [5.74, 6) is -0.330. The van der Waals surface area contributed by atoms with Gasteiger partial charge in [0, 0.05) is 13.5 Å². The molecular formula is C46H81NO21. The van der Waals surface area contributed by atoms with Crippen molar-refractivity contribution in [1.29, 1.82) is 0 Å². The fourth-order valence-electron chi connectivity index (χ4n) is 8.95. The van der Waals surface area contributed by atoms with Crippen molar-refractivity contribution in [2.75, 3.05) is 39.6 Å². The zero-order valence-electron chi connectivity index (χ0n) is 39.5. The van der Waals surface area contributed by atoms with Gasteiger partial charge in [0.1, 0.15) is 91.6 Å². The third-order valence-corrected chi connectivity index (χ3v) is 13.3. The number of hydrogen-bond acceptors (Lipinski definition) is 21. The van der Waals surface area contributed by atoms with E-state index in [4.69, 9.17) is 42.6 Å². The molecule has 22 nitrogen and oxygen atoms in total. The van der Waals surface area contributed by atoms with Gasteiger partial charge in [-0.05, 0) is 32.1 Å². The van der Waals surface area contributed by atoms with Gasteiger partial charge in [-0.15, -0.1) is 0 Å². The number of aliphatic hydroxyl groups excluding tert-OH is 11. The number of hydrogen-bond donors (Lipinski definition) is 11. The van der Waals surface area contributed by atoms with Gasteiger partial charge >= 0.3 is 0 Å². The van der Waals surface area contributed by atoms with Crippen LogP contribution in [0.5, 0.6) is 0 Å². The van der Waals surface area contributed by atoms with Crippen molar-refractivity contribution < 1.29 is 104 Å². The first kappa shape index (κ1) is 57.3. The Kier molecular flexibility index (Phi) is 24.6. The average molecular weight is 984 g/mol. The standard InChI is InChI=1S/C46H81NO21/c1-3-4-5-6-7-8-9-10-11-12-13-14-15-16-17-18-19-20-47(26(2)48)42-37(55)33(51)28(22-60-42)65-44-39(57)35(53)30(24-62-44)67-46-41(59)36(54)31(25-64-46)68-45-40(58)34(52)29(23-63-45)66-43-38(56)32(50)27(49)21-61-43/h11-12,27-46,49-59H,3-10,13-25H2,1-2H3/b12-11-. The van der Waals surface area contributed by atoms with Crippen LogP contribution in [0.3, 0.4) is 0 Å². The van der Waals surface area contributed by atoms with Crippen LogP contribution < -0.4 is 0 Å². The molecule has 20 atom stereocenters. The summed E-state index contributed by atoms with van der Waals surface area (Å²) in [7, 11) is 0. The monoisotopic (exact) mass is 984 g/mol. The molecular weight excluding hydrogens is 902 g/mol. The summed E-state index contributed by atoms with van der Waals surface area (Å²) in [5, 5.41) is 117. The molecule has 5 aliphatic rings. The molecule has 0 radical (unpaired) electrons. The van der Waals surface area contributed by atoms with Crippen LogP contribution in [0.15, 0.2) is 12.2 Å². The van der Waals surface area contributed by atoms with Gasteiger partial charge in [-0.3, -0.25) is 4.79 Å². The maximum Gasteiger partial charge on any atom is 0.221 e. The molecule has 5 rings (SSSR count). The zero-order valence-corrected chi connectivity index (χ0v) is 39.5. The maximum absolute atomic E-state index is 12.6. The minimum absolute atomic E-state index is 0.279. The normalized spacial score (nSPS) is 40.4. The molecule has 0 aromatic heterocycles. The molecule has 5 saturated heterocycles. The van der Waals surface area contributed by atoms with Crippen molar-refractivity contribution in [1.82, 2.24) is 4.90 Å². The molecule has 5 fully saturated rings. The quantitative estimate of drug-likeness (QED) is 0.0349. The molecule has 0 saturated carbocycles. The highest BCUT2D eigenvalue weighted by atomic mass is 16.8. The maximum atomic E-state index is 12.6. The van der Waals surface area contributed by atoms with E-state index < -0.39 is 143 Å². The molecule has 0 spiro atoms. The molecule has 20 unspecified atom stereocenters. The topological polar surface area (TPSA) is 326 Å². The van der Waals surface area contributed by atoms with Crippen LogP contribution in [0.25, 0.3) is 0 Å². The first-order valence-electron chi connectivity index (χ1n) is 24.7. The molecule has 5 heterocycles. The van der Waals surface area contributed by atoms with E-state index in [1.807, 2.05) is 0 Å². The van der Waals surface area contributed by atoms with Crippen LogP contribution in [0.4, 0.5) is 0 Å². The lowest BCUT2D eigenvalue weighted by atomic mass is 10.0. The second-order valence-electron chi connectivity index (χ2n) is 18.7. The zero-order chi connectivity index (χ0) is 49.3. The second kappa shape index (κ2) is 29.2. The van der Waals surface area contributed by atoms with E-state index in [-0.39, 0.29) is 19.1 Å². The summed E-state index contributed by atoms with van der Waals surface area (Å²) >= 11 is 0. The van der Waals surface area contributed by atoms with Crippen LogP contribution in [-0.4, -0.2) is 230 Å². The first-order valence-corrected chi connectivity index (χ1v) is 24.7. The van der Waals surface area contributed by atoms with Gasteiger partial charge in [0.25, 0.3) is 0 Å². The lowest BCUT2D eigenvalue weighted by molar-refractivity contribution is -0.361. The van der Waals surface area contributed by atoms with Crippen molar-refractivity contribution in [2.24, 2.45) is 0 Å². The molecule has 11 N–H and O–H groups in total. The van der Waals surface area contributed by atoms with Crippen molar-refractivity contribution in [2.45, 2.75) is 233 Å². The van der Waals surface area contributed by atoms with Crippen molar-refractivity contribution in [3.63, 3.8) is 0 Å². The van der Waals surface area contributed by atoms with Crippen LogP contribution in [0.1, 0.15) is 110 Å². The predicted octanol–water partition coefficient (Wildman–Crippen LogP) is -1.45. The summed E-state index contributed by atoms with van der Waals surface area (Å²) < 4.78 is 50.2. The van der Waals surface area contributed by atoms with Crippen molar-refractivity contribution >= 4 is 5.91 Å². The number of unbranched alkanes of at least 4 members (excludes halogenated alkanes) is 13. The van der Waals surface area contributed by atoms with Crippen molar-refractivity contribution in [3.05, 3.63) is 12.2 Å². The summed E-state index contributed by atoms with van der Waals surface area (Å²) in [6.07, 6.45) is -8.45. The Morgan fingerprint density at radius 2 is 0.779 bits per heavy atom. The van der Waals surface area contributed by atoms with Crippen molar-refractivity contribution in [3.8, 4) is 0 Å². The highest BCUT2D eigenvalue weighted by Crippen LogP contribution is 2.31. The Balaban J connectivity index is 0.966. The van der Waals surface area contributed by atoms with Crippen LogP contribution >= 0.6 is 0 Å². The summed E-state index contributed by atoms with van der Waals surface area (Å²) in [4.78, 5) is 14.0. The van der Waals surface area contributed by atoms with E-state index in [9.17, 15) is 61.0 Å². The van der Waals surface area contributed by atoms with Gasteiger partial charge in [-0.2, -0.15) is 0 Å². The Hall–Kier alpha value is -1.59. The number of allylic oxidation sites excluding steroid dienone is 2. The van der Waals surface area contributed by atoms with E-state index >= 15 is 0 Å². The summed E-state index contributed by atoms with van der Waals surface area (Å²) in [6, 6.07) is 0. The minimum Gasteiger partial charge on any atom is -0.388 e. The number of aliphatic hydroxyl groups is 11. The number of rotatable bonds is 26. The molecule has 0 bridgehead atoms. The van der Waals surface area contributed by atoms with Gasteiger partial charge in [0.15, 0.2) is 31.4 Å². The van der Waals surface area contributed by atoms with E-state index in [0.29, 0.717) is 13.0 Å². The lowest BCUT2D eigenvalue weighted by Crippen LogP contribution is -2.64. The van der Waals surface area contributed by atoms with E-state index in [2.05, 4.69) is 19.1 Å². The number of amides is 1. The lowest BCUT2D eigenvalue weighted by Gasteiger charge is -2.45. The Morgan fingerprint density at radius 3 is 1.19 bits per heavy atom.